The minimum absolute atomic E-state index is 0.249. The van der Waals surface area contributed by atoms with E-state index in [9.17, 15) is 4.79 Å². The van der Waals surface area contributed by atoms with Gasteiger partial charge in [-0.1, -0.05) is 27.2 Å². The Morgan fingerprint density at radius 1 is 1.45 bits per heavy atom. The van der Waals surface area contributed by atoms with Gasteiger partial charge in [0, 0.05) is 5.92 Å². The maximum atomic E-state index is 10.8. The highest BCUT2D eigenvalue weighted by Crippen LogP contribution is 2.42. The first-order valence-corrected chi connectivity index (χ1v) is 4.53. The average molecular weight is 154 g/mol. The lowest BCUT2D eigenvalue weighted by Crippen LogP contribution is -2.34. The summed E-state index contributed by atoms with van der Waals surface area (Å²) < 4.78 is 0. The number of rotatable bonds is 1. The van der Waals surface area contributed by atoms with Crippen molar-refractivity contribution in [2.45, 2.75) is 40.0 Å². The Morgan fingerprint density at radius 2 is 2.09 bits per heavy atom. The van der Waals surface area contributed by atoms with Crippen LogP contribution in [0.1, 0.15) is 40.0 Å². The lowest BCUT2D eigenvalue weighted by Gasteiger charge is -2.39. The standard InChI is InChI=1S/C10H18O/c1-8-5-4-6-10(2,3)9(8)7-11/h7-9H,4-6H2,1-3H3/t8-,9+/m1/s1. The molecule has 0 aromatic heterocycles. The van der Waals surface area contributed by atoms with Crippen LogP contribution >= 0.6 is 0 Å². The second-order valence-electron chi connectivity index (χ2n) is 4.52. The molecule has 0 radical (unpaired) electrons. The fraction of sp³-hybridized carbons (Fsp3) is 0.900. The van der Waals surface area contributed by atoms with E-state index >= 15 is 0 Å². The zero-order valence-electron chi connectivity index (χ0n) is 7.76. The van der Waals surface area contributed by atoms with E-state index in [-0.39, 0.29) is 11.3 Å². The van der Waals surface area contributed by atoms with E-state index in [1.54, 1.807) is 0 Å². The molecule has 1 rings (SSSR count). The molecule has 0 aromatic rings. The van der Waals surface area contributed by atoms with Crippen LogP contribution in [0.3, 0.4) is 0 Å². The zero-order valence-corrected chi connectivity index (χ0v) is 7.76. The predicted molar refractivity (Wildman–Crippen MR) is 46.4 cm³/mol. The first-order chi connectivity index (χ1) is 5.08. The first-order valence-electron chi connectivity index (χ1n) is 4.53. The van der Waals surface area contributed by atoms with Gasteiger partial charge in [-0.3, -0.25) is 0 Å². The Balaban J connectivity index is 2.72. The van der Waals surface area contributed by atoms with Crippen LogP contribution in [0.2, 0.25) is 0 Å². The smallest absolute Gasteiger partial charge is 0.123 e. The fourth-order valence-electron chi connectivity index (χ4n) is 2.31. The maximum absolute atomic E-state index is 10.8. The molecule has 1 nitrogen and oxygen atoms in total. The van der Waals surface area contributed by atoms with Crippen molar-refractivity contribution in [1.82, 2.24) is 0 Å². The van der Waals surface area contributed by atoms with Gasteiger partial charge in [0.25, 0.3) is 0 Å². The molecule has 11 heavy (non-hydrogen) atoms. The summed E-state index contributed by atoms with van der Waals surface area (Å²) in [6.45, 7) is 6.61. The minimum atomic E-state index is 0.249. The summed E-state index contributed by atoms with van der Waals surface area (Å²) in [5.41, 5.74) is 0.249. The molecule has 2 atom stereocenters. The molecule has 64 valence electrons. The van der Waals surface area contributed by atoms with Crippen LogP contribution in [0.5, 0.6) is 0 Å². The Bertz CT molecular complexity index is 149. The first kappa shape index (κ1) is 8.76. The SMILES string of the molecule is C[C@@H]1CCCC(C)(C)[C@H]1C=O. The summed E-state index contributed by atoms with van der Waals surface area (Å²) in [4.78, 5) is 10.8. The topological polar surface area (TPSA) is 17.1 Å². The quantitative estimate of drug-likeness (QED) is 0.531. The average Bonchev–Trinajstić information content (AvgIpc) is 1.86. The lowest BCUT2D eigenvalue weighted by atomic mass is 9.65. The van der Waals surface area contributed by atoms with E-state index in [0.717, 1.165) is 6.29 Å². The van der Waals surface area contributed by atoms with Crippen molar-refractivity contribution in [2.24, 2.45) is 17.3 Å². The van der Waals surface area contributed by atoms with Crippen molar-refractivity contribution in [2.75, 3.05) is 0 Å². The van der Waals surface area contributed by atoms with E-state index in [4.69, 9.17) is 0 Å². The van der Waals surface area contributed by atoms with Crippen LogP contribution in [0.25, 0.3) is 0 Å². The van der Waals surface area contributed by atoms with Gasteiger partial charge in [0.05, 0.1) is 0 Å². The number of aldehydes is 1. The predicted octanol–water partition coefficient (Wildman–Crippen LogP) is 2.65. The Labute approximate surface area is 69.2 Å². The van der Waals surface area contributed by atoms with Crippen molar-refractivity contribution in [3.63, 3.8) is 0 Å². The molecule has 0 spiro atoms. The molecule has 0 aliphatic heterocycles. The normalized spacial score (nSPS) is 36.6. The van der Waals surface area contributed by atoms with Crippen molar-refractivity contribution >= 4 is 6.29 Å². The molecule has 1 aliphatic rings. The van der Waals surface area contributed by atoms with Crippen molar-refractivity contribution in [3.8, 4) is 0 Å². The van der Waals surface area contributed by atoms with Crippen molar-refractivity contribution in [3.05, 3.63) is 0 Å². The highest BCUT2D eigenvalue weighted by atomic mass is 16.1. The Morgan fingerprint density at radius 3 is 2.45 bits per heavy atom. The van der Waals surface area contributed by atoms with E-state index in [1.807, 2.05) is 0 Å². The summed E-state index contributed by atoms with van der Waals surface area (Å²) >= 11 is 0. The van der Waals surface area contributed by atoms with Gasteiger partial charge in [0.2, 0.25) is 0 Å². The monoisotopic (exact) mass is 154 g/mol. The van der Waals surface area contributed by atoms with Crippen LogP contribution in [-0.2, 0) is 4.79 Å². The van der Waals surface area contributed by atoms with Crippen molar-refractivity contribution < 1.29 is 4.79 Å². The summed E-state index contributed by atoms with van der Waals surface area (Å²) in [6.07, 6.45) is 4.88. The van der Waals surface area contributed by atoms with Crippen LogP contribution in [0.15, 0.2) is 0 Å². The molecular formula is C10H18O. The van der Waals surface area contributed by atoms with E-state index < -0.39 is 0 Å². The summed E-state index contributed by atoms with van der Waals surface area (Å²) in [5, 5.41) is 0. The van der Waals surface area contributed by atoms with Gasteiger partial charge in [-0.15, -0.1) is 0 Å². The largest absolute Gasteiger partial charge is 0.303 e. The van der Waals surface area contributed by atoms with E-state index in [1.165, 1.54) is 19.3 Å². The number of carbonyl (C=O) groups is 1. The van der Waals surface area contributed by atoms with Gasteiger partial charge < -0.3 is 4.79 Å². The molecule has 1 fully saturated rings. The summed E-state index contributed by atoms with van der Waals surface area (Å²) in [7, 11) is 0. The summed E-state index contributed by atoms with van der Waals surface area (Å²) in [6, 6.07) is 0. The molecule has 0 bridgehead atoms. The van der Waals surface area contributed by atoms with Crippen LogP contribution < -0.4 is 0 Å². The second kappa shape index (κ2) is 2.96. The third-order valence-electron chi connectivity index (χ3n) is 3.14. The maximum Gasteiger partial charge on any atom is 0.123 e. The Hall–Kier alpha value is -0.330. The molecule has 1 saturated carbocycles. The van der Waals surface area contributed by atoms with Gasteiger partial charge >= 0.3 is 0 Å². The molecule has 0 unspecified atom stereocenters. The Kier molecular flexibility index (Phi) is 2.36. The number of carbonyl (C=O) groups excluding carboxylic acids is 1. The number of hydrogen-bond donors (Lipinski definition) is 0. The van der Waals surface area contributed by atoms with Gasteiger partial charge in [0.1, 0.15) is 6.29 Å². The highest BCUT2D eigenvalue weighted by Gasteiger charge is 2.36. The minimum Gasteiger partial charge on any atom is -0.303 e. The highest BCUT2D eigenvalue weighted by molar-refractivity contribution is 5.55. The van der Waals surface area contributed by atoms with Gasteiger partial charge in [-0.05, 0) is 24.2 Å². The molecule has 0 amide bonds. The molecular weight excluding hydrogens is 136 g/mol. The second-order valence-corrected chi connectivity index (χ2v) is 4.52. The molecule has 1 aliphatic carbocycles. The van der Waals surface area contributed by atoms with Gasteiger partial charge in [-0.25, -0.2) is 0 Å². The van der Waals surface area contributed by atoms with E-state index in [0.29, 0.717) is 5.92 Å². The van der Waals surface area contributed by atoms with Crippen LogP contribution in [-0.4, -0.2) is 6.29 Å². The van der Waals surface area contributed by atoms with Crippen molar-refractivity contribution in [1.29, 1.82) is 0 Å². The molecule has 0 N–H and O–H groups in total. The lowest BCUT2D eigenvalue weighted by molar-refractivity contribution is -0.117. The van der Waals surface area contributed by atoms with Crippen LogP contribution in [0, 0.1) is 17.3 Å². The molecule has 0 saturated heterocycles. The third kappa shape index (κ3) is 1.63. The van der Waals surface area contributed by atoms with E-state index in [2.05, 4.69) is 20.8 Å². The third-order valence-corrected chi connectivity index (χ3v) is 3.14. The molecule has 0 heterocycles. The number of hydrogen-bond acceptors (Lipinski definition) is 1. The molecule has 0 aromatic carbocycles. The van der Waals surface area contributed by atoms with Crippen LogP contribution in [0.4, 0.5) is 0 Å². The molecule has 1 heteroatoms. The fourth-order valence-corrected chi connectivity index (χ4v) is 2.31. The zero-order chi connectivity index (χ0) is 8.48. The van der Waals surface area contributed by atoms with Gasteiger partial charge in [-0.2, -0.15) is 0 Å². The summed E-state index contributed by atoms with van der Waals surface area (Å²) in [5.74, 6) is 0.882. The van der Waals surface area contributed by atoms with Gasteiger partial charge in [0.15, 0.2) is 0 Å².